The van der Waals surface area contributed by atoms with E-state index in [2.05, 4.69) is 14.9 Å². The van der Waals surface area contributed by atoms with E-state index < -0.39 is 11.8 Å². The number of hydrogen-bond acceptors (Lipinski definition) is 7. The Morgan fingerprint density at radius 1 is 0.905 bits per heavy atom. The van der Waals surface area contributed by atoms with Crippen molar-refractivity contribution in [3.63, 3.8) is 0 Å². The number of hydroxylamine groups is 2. The number of carbonyl (C=O) groups excluding carboxylic acids is 2. The molecule has 4 N–H and O–H groups in total. The summed E-state index contributed by atoms with van der Waals surface area (Å²) >= 11 is 0. The molecule has 0 fully saturated rings. The van der Waals surface area contributed by atoms with Crippen LogP contribution in [0.2, 0.25) is 0 Å². The molecule has 0 unspecified atom stereocenters. The van der Waals surface area contributed by atoms with Crippen molar-refractivity contribution in [1.82, 2.24) is 20.9 Å². The van der Waals surface area contributed by atoms with Crippen LogP contribution in [0.4, 0.5) is 0 Å². The minimum Gasteiger partial charge on any atom is -0.505 e. The van der Waals surface area contributed by atoms with Gasteiger partial charge < -0.3 is 10.2 Å². The summed E-state index contributed by atoms with van der Waals surface area (Å²) in [6.45, 7) is 0. The molecule has 0 bridgehead atoms. The highest BCUT2D eigenvalue weighted by molar-refractivity contribution is 5.95. The molecule has 2 aromatic rings. The Kier molecular flexibility index (Phi) is 4.26. The van der Waals surface area contributed by atoms with Gasteiger partial charge in [0.15, 0.2) is 11.4 Å². The zero-order valence-corrected chi connectivity index (χ0v) is 10.5. The summed E-state index contributed by atoms with van der Waals surface area (Å²) < 4.78 is 0. The second-order valence-corrected chi connectivity index (χ2v) is 3.71. The van der Waals surface area contributed by atoms with Crippen molar-refractivity contribution in [3.05, 3.63) is 48.0 Å². The third-order valence-corrected chi connectivity index (χ3v) is 2.29. The number of rotatable bonds is 4. The second kappa shape index (κ2) is 6.30. The number of nitrogens with one attached hydrogen (secondary N) is 2. The van der Waals surface area contributed by atoms with Gasteiger partial charge in [0.05, 0.1) is 0 Å². The standard InChI is InChI=1S/C12H10N4O5/c17-7-3-1-5-13-9(7)11(19)15-21-16-12(20)10-8(18)4-2-6-14-10/h1-6,17-18H,(H,15,19)(H,16,20). The van der Waals surface area contributed by atoms with Crippen LogP contribution in [0.3, 0.4) is 0 Å². The molecular formula is C12H10N4O5. The van der Waals surface area contributed by atoms with Crippen molar-refractivity contribution in [2.24, 2.45) is 0 Å². The molecule has 0 aliphatic rings. The number of pyridine rings is 2. The molecule has 0 saturated carbocycles. The summed E-state index contributed by atoms with van der Waals surface area (Å²) in [5, 5.41) is 18.8. The fraction of sp³-hybridized carbons (Fsp3) is 0. The van der Waals surface area contributed by atoms with Crippen LogP contribution in [0.25, 0.3) is 0 Å². The van der Waals surface area contributed by atoms with Crippen molar-refractivity contribution in [2.45, 2.75) is 0 Å². The Morgan fingerprint density at radius 3 is 1.71 bits per heavy atom. The molecule has 21 heavy (non-hydrogen) atoms. The van der Waals surface area contributed by atoms with E-state index in [-0.39, 0.29) is 22.9 Å². The van der Waals surface area contributed by atoms with Gasteiger partial charge in [0, 0.05) is 12.4 Å². The van der Waals surface area contributed by atoms with Crippen LogP contribution in [0.1, 0.15) is 21.0 Å². The molecule has 2 heterocycles. The normalized spacial score (nSPS) is 9.90. The Bertz CT molecular complexity index is 619. The van der Waals surface area contributed by atoms with Gasteiger partial charge in [-0.2, -0.15) is 4.94 Å². The maximum Gasteiger partial charge on any atom is 0.299 e. The number of hydrogen-bond donors (Lipinski definition) is 4. The van der Waals surface area contributed by atoms with Crippen molar-refractivity contribution < 1.29 is 24.7 Å². The lowest BCUT2D eigenvalue weighted by atomic mass is 10.3. The Labute approximate surface area is 118 Å². The van der Waals surface area contributed by atoms with Gasteiger partial charge in [0.1, 0.15) is 11.5 Å². The van der Waals surface area contributed by atoms with Crippen molar-refractivity contribution in [3.8, 4) is 11.5 Å². The molecule has 9 heteroatoms. The maximum atomic E-state index is 11.6. The molecule has 2 rings (SSSR count). The lowest BCUT2D eigenvalue weighted by molar-refractivity contribution is -0.0191. The predicted molar refractivity (Wildman–Crippen MR) is 67.8 cm³/mol. The maximum absolute atomic E-state index is 11.6. The van der Waals surface area contributed by atoms with E-state index in [1.807, 2.05) is 11.0 Å². The quantitative estimate of drug-likeness (QED) is 0.577. The van der Waals surface area contributed by atoms with Crippen LogP contribution < -0.4 is 11.0 Å². The van der Waals surface area contributed by atoms with E-state index in [0.29, 0.717) is 0 Å². The zero-order chi connectivity index (χ0) is 15.2. The Hall–Kier alpha value is -3.20. The first-order valence-corrected chi connectivity index (χ1v) is 5.64. The Balaban J connectivity index is 1.90. The summed E-state index contributed by atoms with van der Waals surface area (Å²) in [4.78, 5) is 34.9. The third kappa shape index (κ3) is 3.42. The molecule has 0 saturated heterocycles. The van der Waals surface area contributed by atoms with E-state index in [1.54, 1.807) is 0 Å². The van der Waals surface area contributed by atoms with Gasteiger partial charge in [-0.1, -0.05) is 0 Å². The topological polar surface area (TPSA) is 134 Å². The molecule has 9 nitrogen and oxygen atoms in total. The van der Waals surface area contributed by atoms with E-state index in [4.69, 9.17) is 0 Å². The number of amides is 2. The molecule has 2 aromatic heterocycles. The van der Waals surface area contributed by atoms with Gasteiger partial charge in [-0.05, 0) is 24.3 Å². The first-order valence-electron chi connectivity index (χ1n) is 5.64. The van der Waals surface area contributed by atoms with Crippen LogP contribution in [0.15, 0.2) is 36.7 Å². The van der Waals surface area contributed by atoms with Crippen LogP contribution in [0.5, 0.6) is 11.5 Å². The highest BCUT2D eigenvalue weighted by Crippen LogP contribution is 2.12. The molecule has 2 amide bonds. The van der Waals surface area contributed by atoms with Gasteiger partial charge in [-0.25, -0.2) is 20.9 Å². The average molecular weight is 290 g/mol. The predicted octanol–water partition coefficient (Wildman–Crippen LogP) is -0.106. The lowest BCUT2D eigenvalue weighted by Gasteiger charge is -2.07. The molecular weight excluding hydrogens is 280 g/mol. The second-order valence-electron chi connectivity index (χ2n) is 3.71. The summed E-state index contributed by atoms with van der Waals surface area (Å²) in [7, 11) is 0. The fourth-order valence-electron chi connectivity index (χ4n) is 1.36. The summed E-state index contributed by atoms with van der Waals surface area (Å²) in [6, 6.07) is 5.43. The minimum atomic E-state index is -0.862. The molecule has 0 spiro atoms. The first-order chi connectivity index (χ1) is 10.1. The first kappa shape index (κ1) is 14.2. The monoisotopic (exact) mass is 290 g/mol. The molecule has 0 aliphatic carbocycles. The zero-order valence-electron chi connectivity index (χ0n) is 10.5. The molecule has 0 radical (unpaired) electrons. The molecule has 0 atom stereocenters. The van der Waals surface area contributed by atoms with E-state index in [0.717, 1.165) is 0 Å². The summed E-state index contributed by atoms with van der Waals surface area (Å²) in [5.41, 5.74) is 3.17. The van der Waals surface area contributed by atoms with Crippen molar-refractivity contribution in [2.75, 3.05) is 0 Å². The number of aromatic nitrogens is 2. The third-order valence-electron chi connectivity index (χ3n) is 2.29. The lowest BCUT2D eigenvalue weighted by Crippen LogP contribution is -2.35. The van der Waals surface area contributed by atoms with E-state index >= 15 is 0 Å². The number of carbonyl (C=O) groups is 2. The fourth-order valence-corrected chi connectivity index (χ4v) is 1.36. The van der Waals surface area contributed by atoms with Crippen LogP contribution in [-0.4, -0.2) is 32.0 Å². The van der Waals surface area contributed by atoms with E-state index in [9.17, 15) is 19.8 Å². The van der Waals surface area contributed by atoms with Gasteiger partial charge in [0.25, 0.3) is 11.8 Å². The van der Waals surface area contributed by atoms with Gasteiger partial charge in [-0.3, -0.25) is 9.59 Å². The van der Waals surface area contributed by atoms with Gasteiger partial charge in [-0.15, -0.1) is 0 Å². The highest BCUT2D eigenvalue weighted by Gasteiger charge is 2.15. The SMILES string of the molecule is O=C(NONC(=O)c1ncccc1O)c1ncccc1O. The van der Waals surface area contributed by atoms with E-state index in [1.165, 1.54) is 36.7 Å². The van der Waals surface area contributed by atoms with Crippen LogP contribution in [0, 0.1) is 0 Å². The number of nitrogens with zero attached hydrogens (tertiary/aromatic N) is 2. The van der Waals surface area contributed by atoms with Crippen LogP contribution >= 0.6 is 0 Å². The van der Waals surface area contributed by atoms with Gasteiger partial charge in [0.2, 0.25) is 0 Å². The molecule has 0 aliphatic heterocycles. The molecule has 108 valence electrons. The average Bonchev–Trinajstić information content (AvgIpc) is 2.48. The highest BCUT2D eigenvalue weighted by atomic mass is 16.8. The number of aromatic hydroxyl groups is 2. The van der Waals surface area contributed by atoms with Crippen LogP contribution in [-0.2, 0) is 4.94 Å². The molecule has 0 aromatic carbocycles. The Morgan fingerprint density at radius 2 is 1.33 bits per heavy atom. The largest absolute Gasteiger partial charge is 0.505 e. The minimum absolute atomic E-state index is 0.271. The van der Waals surface area contributed by atoms with Crippen molar-refractivity contribution in [1.29, 1.82) is 0 Å². The van der Waals surface area contributed by atoms with Crippen molar-refractivity contribution >= 4 is 11.8 Å². The summed E-state index contributed by atoms with van der Waals surface area (Å²) in [6.07, 6.45) is 2.61. The van der Waals surface area contributed by atoms with Gasteiger partial charge >= 0.3 is 0 Å². The summed E-state index contributed by atoms with van der Waals surface area (Å²) in [5.74, 6) is -2.41. The smallest absolute Gasteiger partial charge is 0.299 e.